The minimum Gasteiger partial charge on any atom is -0.739 e. The Kier molecular flexibility index (Phi) is 6.88. The van der Waals surface area contributed by atoms with Gasteiger partial charge in [-0.2, -0.15) is 0 Å². The summed E-state index contributed by atoms with van der Waals surface area (Å²) in [7, 11) is -3.74. The smallest absolute Gasteiger partial charge is 0.739 e. The van der Waals surface area contributed by atoms with E-state index in [-0.39, 0.29) is 40.8 Å². The number of fused-ring (bicyclic) bond motifs is 1. The maximum absolute atomic E-state index is 10.8. The third-order valence-corrected chi connectivity index (χ3v) is 6.09. The Labute approximate surface area is 159 Å². The number of aryl methyl sites for hydroxylation is 1. The molecule has 1 heterocycles. The van der Waals surface area contributed by atoms with E-state index in [2.05, 4.69) is 50.8 Å². The van der Waals surface area contributed by atoms with Gasteiger partial charge in [-0.1, -0.05) is 19.1 Å². The number of hydrogen-bond acceptors (Lipinski definition) is 5. The Balaban J connectivity index is 0.00000242. The molecule has 0 aliphatic carbocycles. The van der Waals surface area contributed by atoms with Gasteiger partial charge in [0, 0.05) is 23.5 Å². The fourth-order valence-corrected chi connectivity index (χ4v) is 4.55. The van der Waals surface area contributed by atoms with Crippen LogP contribution < -0.4 is 34.5 Å². The SMILES string of the molecule is Cc1ccc2c(c1)N(CCSS(=O)(=O)[O-])C(C)(C)CC2C.[Na+]. The summed E-state index contributed by atoms with van der Waals surface area (Å²) in [5.41, 5.74) is 3.61. The van der Waals surface area contributed by atoms with Crippen molar-refractivity contribution in [3.63, 3.8) is 0 Å². The molecule has 0 fully saturated rings. The molecule has 22 heavy (non-hydrogen) atoms. The molecule has 118 valence electrons. The summed E-state index contributed by atoms with van der Waals surface area (Å²) in [6.45, 7) is 9.18. The minimum absolute atomic E-state index is 0. The van der Waals surface area contributed by atoms with Crippen molar-refractivity contribution in [2.45, 2.75) is 45.6 Å². The van der Waals surface area contributed by atoms with Crippen molar-refractivity contribution < 1.29 is 42.5 Å². The summed E-state index contributed by atoms with van der Waals surface area (Å²) in [5.74, 6) is 0.763. The van der Waals surface area contributed by atoms with Gasteiger partial charge in [-0.25, -0.2) is 8.42 Å². The number of anilines is 1. The standard InChI is InChI=1S/C15H23NO3S2.Na/c1-11-5-6-13-12(2)10-15(3,4)16(14(13)9-11)7-8-20-21(17,18)19;/h5-6,9,12H,7-8,10H2,1-4H3,(H,17,18,19);/q;+1/p-1. The fraction of sp³-hybridized carbons (Fsp3) is 0.600. The van der Waals surface area contributed by atoms with Crippen LogP contribution in [0.15, 0.2) is 18.2 Å². The van der Waals surface area contributed by atoms with Gasteiger partial charge in [-0.05, 0) is 61.1 Å². The van der Waals surface area contributed by atoms with Gasteiger partial charge in [0.1, 0.15) is 9.15 Å². The number of benzene rings is 1. The average Bonchev–Trinajstić information content (AvgIpc) is 2.30. The van der Waals surface area contributed by atoms with Gasteiger partial charge in [0.2, 0.25) is 0 Å². The normalized spacial score (nSPS) is 20.2. The van der Waals surface area contributed by atoms with Crippen LogP contribution in [0.25, 0.3) is 0 Å². The van der Waals surface area contributed by atoms with E-state index in [1.54, 1.807) is 0 Å². The second-order valence-electron chi connectivity index (χ2n) is 6.36. The van der Waals surface area contributed by atoms with Crippen LogP contribution in [0.3, 0.4) is 0 Å². The van der Waals surface area contributed by atoms with Crippen molar-refractivity contribution in [1.29, 1.82) is 0 Å². The monoisotopic (exact) mass is 351 g/mol. The molecule has 1 aliphatic heterocycles. The molecule has 0 radical (unpaired) electrons. The van der Waals surface area contributed by atoms with Crippen LogP contribution in [0.1, 0.15) is 44.2 Å². The Hall–Kier alpha value is 0.280. The van der Waals surface area contributed by atoms with Crippen molar-refractivity contribution in [1.82, 2.24) is 0 Å². The number of nitrogens with zero attached hydrogens (tertiary/aromatic N) is 1. The van der Waals surface area contributed by atoms with Crippen LogP contribution in [-0.4, -0.2) is 30.8 Å². The quantitative estimate of drug-likeness (QED) is 0.443. The van der Waals surface area contributed by atoms with Crippen molar-refractivity contribution in [2.24, 2.45) is 0 Å². The summed E-state index contributed by atoms with van der Waals surface area (Å²) in [5, 5.41) is 0. The van der Waals surface area contributed by atoms with Gasteiger partial charge in [0.15, 0.2) is 0 Å². The molecule has 0 bridgehead atoms. The van der Waals surface area contributed by atoms with Crippen molar-refractivity contribution in [3.05, 3.63) is 29.3 Å². The first kappa shape index (κ1) is 20.3. The zero-order chi connectivity index (χ0) is 15.8. The summed E-state index contributed by atoms with van der Waals surface area (Å²) in [6, 6.07) is 6.43. The van der Waals surface area contributed by atoms with E-state index in [1.807, 2.05) is 0 Å². The summed E-state index contributed by atoms with van der Waals surface area (Å²) < 4.78 is 32.3. The Bertz CT molecular complexity index is 632. The molecular formula is C15H22NNaO3S2. The van der Waals surface area contributed by atoms with Gasteiger partial charge in [-0.3, -0.25) is 0 Å². The van der Waals surface area contributed by atoms with E-state index < -0.39 is 9.15 Å². The molecule has 1 atom stereocenters. The molecular weight excluding hydrogens is 329 g/mol. The molecule has 0 spiro atoms. The average molecular weight is 351 g/mol. The van der Waals surface area contributed by atoms with Crippen LogP contribution in [-0.2, 0) is 9.15 Å². The van der Waals surface area contributed by atoms with Crippen molar-refractivity contribution in [2.75, 3.05) is 17.2 Å². The molecule has 0 saturated heterocycles. The van der Waals surface area contributed by atoms with E-state index in [9.17, 15) is 13.0 Å². The summed E-state index contributed by atoms with van der Waals surface area (Å²) in [4.78, 5) is 2.24. The van der Waals surface area contributed by atoms with E-state index in [0.29, 0.717) is 23.3 Å². The zero-order valence-corrected chi connectivity index (χ0v) is 17.6. The number of rotatable bonds is 4. The zero-order valence-electron chi connectivity index (χ0n) is 13.9. The van der Waals surface area contributed by atoms with Crippen LogP contribution in [0.2, 0.25) is 0 Å². The van der Waals surface area contributed by atoms with Crippen LogP contribution in [0.5, 0.6) is 0 Å². The predicted octanol–water partition coefficient (Wildman–Crippen LogP) is 0.285. The van der Waals surface area contributed by atoms with Gasteiger partial charge in [-0.15, -0.1) is 0 Å². The van der Waals surface area contributed by atoms with Crippen LogP contribution in [0.4, 0.5) is 5.69 Å². The van der Waals surface area contributed by atoms with Crippen LogP contribution >= 0.6 is 10.8 Å². The Morgan fingerprint density at radius 1 is 1.41 bits per heavy atom. The number of hydrogen-bond donors (Lipinski definition) is 0. The third kappa shape index (κ3) is 4.89. The fourth-order valence-electron chi connectivity index (χ4n) is 3.25. The van der Waals surface area contributed by atoms with Gasteiger partial charge in [0.05, 0.1) is 0 Å². The molecule has 4 nitrogen and oxygen atoms in total. The van der Waals surface area contributed by atoms with Gasteiger partial charge in [0.25, 0.3) is 0 Å². The molecule has 0 aromatic heterocycles. The Morgan fingerprint density at radius 3 is 2.64 bits per heavy atom. The Morgan fingerprint density at radius 2 is 2.05 bits per heavy atom. The van der Waals surface area contributed by atoms with Crippen molar-refractivity contribution >= 4 is 25.6 Å². The maximum atomic E-state index is 10.8. The summed E-state index contributed by atoms with van der Waals surface area (Å²) >= 11 is 0. The maximum Gasteiger partial charge on any atom is 1.00 e. The van der Waals surface area contributed by atoms with Gasteiger partial charge >= 0.3 is 29.6 Å². The van der Waals surface area contributed by atoms with E-state index in [0.717, 1.165) is 6.42 Å². The van der Waals surface area contributed by atoms with Crippen LogP contribution in [0, 0.1) is 6.92 Å². The first-order chi connectivity index (χ1) is 9.60. The largest absolute Gasteiger partial charge is 1.00 e. The summed E-state index contributed by atoms with van der Waals surface area (Å²) in [6.07, 6.45) is 1.01. The molecule has 0 amide bonds. The van der Waals surface area contributed by atoms with Gasteiger partial charge < -0.3 is 9.45 Å². The topological polar surface area (TPSA) is 60.4 Å². The van der Waals surface area contributed by atoms with Crippen molar-refractivity contribution in [3.8, 4) is 0 Å². The minimum atomic E-state index is -4.22. The first-order valence-electron chi connectivity index (χ1n) is 7.08. The predicted molar refractivity (Wildman–Crippen MR) is 87.8 cm³/mol. The third-order valence-electron chi connectivity index (χ3n) is 4.09. The molecule has 7 heteroatoms. The molecule has 1 aromatic rings. The molecule has 0 saturated carbocycles. The molecule has 1 aliphatic rings. The second kappa shape index (κ2) is 7.45. The molecule has 0 N–H and O–H groups in total. The molecule has 1 unspecified atom stereocenters. The van der Waals surface area contributed by atoms with E-state index in [4.69, 9.17) is 0 Å². The molecule has 1 aromatic carbocycles. The van der Waals surface area contributed by atoms with E-state index in [1.165, 1.54) is 16.8 Å². The second-order valence-corrected chi connectivity index (χ2v) is 9.75. The molecule has 2 rings (SSSR count). The first-order valence-corrected chi connectivity index (χ1v) is 10.00. The van der Waals surface area contributed by atoms with E-state index >= 15 is 0 Å².